The van der Waals surface area contributed by atoms with E-state index in [9.17, 15) is 4.79 Å². The molecule has 1 fully saturated rings. The van der Waals surface area contributed by atoms with Gasteiger partial charge in [-0.05, 0) is 49.9 Å². The maximum absolute atomic E-state index is 12.4. The van der Waals surface area contributed by atoms with E-state index in [1.165, 1.54) is 11.8 Å². The van der Waals surface area contributed by atoms with Crippen LogP contribution in [0.3, 0.4) is 0 Å². The molecule has 1 saturated heterocycles. The average Bonchev–Trinajstić information content (AvgIpc) is 3.14. The number of amides is 1. The molecule has 0 saturated carbocycles. The molecule has 3 rings (SSSR count). The highest BCUT2D eigenvalue weighted by Crippen LogP contribution is 2.34. The quantitative estimate of drug-likeness (QED) is 0.724. The van der Waals surface area contributed by atoms with Crippen LogP contribution in [-0.2, 0) is 4.79 Å². The number of carbonyl (C=O) groups excluding carboxylic acids is 1. The summed E-state index contributed by atoms with van der Waals surface area (Å²) in [5, 5.41) is 1.57. The smallest absolute Gasteiger partial charge is 0.266 e. The van der Waals surface area contributed by atoms with Crippen molar-refractivity contribution in [2.24, 2.45) is 4.99 Å². The number of aliphatic imine (C=N–C) groups is 1. The summed E-state index contributed by atoms with van der Waals surface area (Å²) in [6, 6.07) is 13.9. The van der Waals surface area contributed by atoms with E-state index in [1.54, 1.807) is 22.7 Å². The topological polar surface area (TPSA) is 45.8 Å². The molecule has 4 nitrogen and oxygen atoms in total. The second-order valence-corrected chi connectivity index (χ2v) is 7.08. The van der Waals surface area contributed by atoms with E-state index < -0.39 is 0 Å². The lowest BCUT2D eigenvalue weighted by atomic mass is 10.3. The molecule has 1 aliphatic rings. The molecule has 0 spiro atoms. The van der Waals surface area contributed by atoms with Gasteiger partial charge in [0.2, 0.25) is 0 Å². The van der Waals surface area contributed by atoms with Crippen LogP contribution in [0, 0.1) is 0 Å². The third-order valence-corrected chi connectivity index (χ3v) is 5.31. The molecule has 0 atom stereocenters. The standard InChI is InChI=1S/C18H18N2O2S2/c1-3-19-18-20(4-2)17(21)15(24-18)12-13-10-11-16(22-13)23-14-8-6-5-7-9-14/h5-12H,3-4H2,1-2H3/b15-12-,19-18?. The Morgan fingerprint density at radius 1 is 1.21 bits per heavy atom. The van der Waals surface area contributed by atoms with Gasteiger partial charge in [0.1, 0.15) is 5.76 Å². The van der Waals surface area contributed by atoms with Crippen molar-refractivity contribution in [1.82, 2.24) is 4.90 Å². The Hall–Kier alpha value is -1.92. The summed E-state index contributed by atoms with van der Waals surface area (Å²) in [6.45, 7) is 5.20. The first kappa shape index (κ1) is 16.9. The predicted octanol–water partition coefficient (Wildman–Crippen LogP) is 4.74. The first-order chi connectivity index (χ1) is 11.7. The minimum atomic E-state index is -0.0108. The van der Waals surface area contributed by atoms with Gasteiger partial charge in [-0.3, -0.25) is 14.7 Å². The molecule has 24 heavy (non-hydrogen) atoms. The summed E-state index contributed by atoms with van der Waals surface area (Å²) in [5.41, 5.74) is 0. The van der Waals surface area contributed by atoms with Crippen LogP contribution in [0.5, 0.6) is 0 Å². The van der Waals surface area contributed by atoms with E-state index in [4.69, 9.17) is 4.42 Å². The Kier molecular flexibility index (Phi) is 5.48. The predicted molar refractivity (Wildman–Crippen MR) is 100 cm³/mol. The van der Waals surface area contributed by atoms with Gasteiger partial charge in [0, 0.05) is 24.1 Å². The third-order valence-electron chi connectivity index (χ3n) is 3.33. The number of thioether (sulfide) groups is 1. The van der Waals surface area contributed by atoms with Gasteiger partial charge in [0.05, 0.1) is 4.91 Å². The van der Waals surface area contributed by atoms with Gasteiger partial charge in [-0.1, -0.05) is 30.0 Å². The summed E-state index contributed by atoms with van der Waals surface area (Å²) < 4.78 is 5.82. The molecule has 0 bridgehead atoms. The molecule has 1 amide bonds. The van der Waals surface area contributed by atoms with Gasteiger partial charge in [0.25, 0.3) is 5.91 Å². The molecular weight excluding hydrogens is 340 g/mol. The number of hydrogen-bond acceptors (Lipinski definition) is 5. The van der Waals surface area contributed by atoms with E-state index in [-0.39, 0.29) is 5.91 Å². The second-order valence-electron chi connectivity index (χ2n) is 4.99. The maximum atomic E-state index is 12.4. The molecular formula is C18H18N2O2S2. The molecule has 1 aliphatic heterocycles. The molecule has 0 N–H and O–H groups in total. The molecule has 0 aliphatic carbocycles. The minimum Gasteiger partial charge on any atom is -0.450 e. The lowest BCUT2D eigenvalue weighted by Gasteiger charge is -2.11. The van der Waals surface area contributed by atoms with E-state index in [0.29, 0.717) is 23.8 Å². The van der Waals surface area contributed by atoms with E-state index in [2.05, 4.69) is 4.99 Å². The first-order valence-corrected chi connectivity index (χ1v) is 9.43. The van der Waals surface area contributed by atoms with Crippen LogP contribution in [0.4, 0.5) is 0 Å². The van der Waals surface area contributed by atoms with Crippen LogP contribution in [-0.4, -0.2) is 29.1 Å². The number of hydrogen-bond donors (Lipinski definition) is 0. The molecule has 0 radical (unpaired) electrons. The Balaban J connectivity index is 1.77. The zero-order valence-corrected chi connectivity index (χ0v) is 15.2. The number of likely N-dealkylation sites (N-methyl/N-ethyl adjacent to an activating group) is 1. The zero-order valence-electron chi connectivity index (χ0n) is 13.6. The molecule has 0 unspecified atom stereocenters. The van der Waals surface area contributed by atoms with Gasteiger partial charge >= 0.3 is 0 Å². The van der Waals surface area contributed by atoms with Crippen molar-refractivity contribution in [2.75, 3.05) is 13.1 Å². The largest absolute Gasteiger partial charge is 0.450 e. The van der Waals surface area contributed by atoms with Crippen LogP contribution in [0.1, 0.15) is 19.6 Å². The van der Waals surface area contributed by atoms with Crippen molar-refractivity contribution in [3.8, 4) is 0 Å². The van der Waals surface area contributed by atoms with Gasteiger partial charge in [0.15, 0.2) is 10.3 Å². The minimum absolute atomic E-state index is 0.0108. The van der Waals surface area contributed by atoms with Gasteiger partial charge in [-0.15, -0.1) is 0 Å². The van der Waals surface area contributed by atoms with Gasteiger partial charge in [-0.2, -0.15) is 0 Å². The zero-order chi connectivity index (χ0) is 16.9. The van der Waals surface area contributed by atoms with E-state index >= 15 is 0 Å². The lowest BCUT2D eigenvalue weighted by Crippen LogP contribution is -2.28. The molecule has 1 aromatic carbocycles. The molecule has 1 aromatic heterocycles. The Bertz CT molecular complexity index is 781. The fraction of sp³-hybridized carbons (Fsp3) is 0.222. The molecule has 124 valence electrons. The van der Waals surface area contributed by atoms with Crippen molar-refractivity contribution >= 4 is 40.7 Å². The van der Waals surface area contributed by atoms with Crippen LogP contribution in [0.25, 0.3) is 6.08 Å². The van der Waals surface area contributed by atoms with E-state index in [1.807, 2.05) is 56.3 Å². The summed E-state index contributed by atoms with van der Waals surface area (Å²) in [7, 11) is 0. The van der Waals surface area contributed by atoms with Gasteiger partial charge < -0.3 is 4.42 Å². The summed E-state index contributed by atoms with van der Waals surface area (Å²) in [4.78, 5) is 20.3. The van der Waals surface area contributed by atoms with Gasteiger partial charge in [-0.25, -0.2) is 0 Å². The van der Waals surface area contributed by atoms with Crippen molar-refractivity contribution < 1.29 is 9.21 Å². The Morgan fingerprint density at radius 2 is 2.00 bits per heavy atom. The fourth-order valence-corrected chi connectivity index (χ4v) is 4.13. The normalized spacial score (nSPS) is 18.1. The number of rotatable bonds is 5. The van der Waals surface area contributed by atoms with Crippen LogP contribution < -0.4 is 0 Å². The number of furan rings is 1. The molecule has 2 heterocycles. The van der Waals surface area contributed by atoms with Crippen molar-refractivity contribution in [3.05, 3.63) is 53.1 Å². The SMILES string of the molecule is CCN=C1S/C(=C\c2ccc(Sc3ccccc3)o2)C(=O)N1CC. The number of amidine groups is 1. The van der Waals surface area contributed by atoms with Crippen molar-refractivity contribution in [1.29, 1.82) is 0 Å². The second kappa shape index (κ2) is 7.77. The monoisotopic (exact) mass is 358 g/mol. The van der Waals surface area contributed by atoms with Crippen molar-refractivity contribution in [2.45, 2.75) is 23.8 Å². The fourth-order valence-electron chi connectivity index (χ4n) is 2.24. The number of carbonyl (C=O) groups is 1. The molecule has 6 heteroatoms. The number of benzene rings is 1. The summed E-state index contributed by atoms with van der Waals surface area (Å²) in [5.74, 6) is 0.668. The van der Waals surface area contributed by atoms with E-state index in [0.717, 1.165) is 15.2 Å². The number of nitrogens with zero attached hydrogens (tertiary/aromatic N) is 2. The van der Waals surface area contributed by atoms with Crippen molar-refractivity contribution in [3.63, 3.8) is 0 Å². The highest BCUT2D eigenvalue weighted by atomic mass is 32.2. The maximum Gasteiger partial charge on any atom is 0.266 e. The highest BCUT2D eigenvalue weighted by molar-refractivity contribution is 8.18. The average molecular weight is 358 g/mol. The third kappa shape index (κ3) is 3.76. The van der Waals surface area contributed by atoms with Crippen LogP contribution in [0.15, 0.2) is 66.8 Å². The lowest BCUT2D eigenvalue weighted by molar-refractivity contribution is -0.122. The summed E-state index contributed by atoms with van der Waals surface area (Å²) >= 11 is 2.96. The van der Waals surface area contributed by atoms with Crippen LogP contribution >= 0.6 is 23.5 Å². The first-order valence-electron chi connectivity index (χ1n) is 7.80. The Morgan fingerprint density at radius 3 is 2.71 bits per heavy atom. The van der Waals surface area contributed by atoms with Crippen LogP contribution in [0.2, 0.25) is 0 Å². The highest BCUT2D eigenvalue weighted by Gasteiger charge is 2.32. The molecule has 2 aromatic rings. The summed E-state index contributed by atoms with van der Waals surface area (Å²) in [6.07, 6.45) is 1.79. The Labute approximate surface area is 150 Å².